The number of H-pyrrole nitrogens is 2. The molecule has 0 fully saturated rings. The molecule has 6 nitrogen and oxygen atoms in total. The Kier molecular flexibility index (Phi) is 4.00. The van der Waals surface area contributed by atoms with E-state index in [9.17, 15) is 0 Å². The molecular formula is C8H14N4O2. The summed E-state index contributed by atoms with van der Waals surface area (Å²) >= 11 is 0. The number of nitrogens with one attached hydrogen (secondary N) is 2. The number of aryl methyl sites for hydroxylation is 2. The highest BCUT2D eigenvalue weighted by atomic mass is 16.0. The zero-order valence-electron chi connectivity index (χ0n) is 8.05. The van der Waals surface area contributed by atoms with E-state index in [4.69, 9.17) is 0 Å². The zero-order valence-corrected chi connectivity index (χ0v) is 8.05. The molecule has 6 heteroatoms. The first-order chi connectivity index (χ1) is 5.75. The third-order valence-corrected chi connectivity index (χ3v) is 1.70. The van der Waals surface area contributed by atoms with Crippen molar-refractivity contribution in [1.82, 2.24) is 19.9 Å². The van der Waals surface area contributed by atoms with E-state index < -0.39 is 0 Å². The molecule has 0 aliphatic rings. The lowest BCUT2D eigenvalue weighted by atomic mass is 10.4. The molecule has 2 heterocycles. The summed E-state index contributed by atoms with van der Waals surface area (Å²) in [6, 6.07) is 0. The molecule has 0 saturated heterocycles. The number of hydrogen-bond acceptors (Lipinski definition) is 2. The van der Waals surface area contributed by atoms with Crippen LogP contribution < -0.4 is 0 Å². The summed E-state index contributed by atoms with van der Waals surface area (Å²) in [6.45, 7) is 3.85. The minimum Gasteiger partial charge on any atom is -0.412 e. The molecule has 0 atom stereocenters. The average molecular weight is 198 g/mol. The predicted molar refractivity (Wildman–Crippen MR) is 52.9 cm³/mol. The molecule has 0 aliphatic heterocycles. The summed E-state index contributed by atoms with van der Waals surface area (Å²) in [7, 11) is 0. The van der Waals surface area contributed by atoms with Crippen LogP contribution >= 0.6 is 0 Å². The maximum absolute atomic E-state index is 4.10. The van der Waals surface area contributed by atoms with Crippen LogP contribution in [0.5, 0.6) is 0 Å². The quantitative estimate of drug-likeness (QED) is 0.657. The highest BCUT2D eigenvalue weighted by Gasteiger charge is 2.02. The minimum atomic E-state index is 0. The Morgan fingerprint density at radius 3 is 1.43 bits per heavy atom. The number of rotatable bonds is 1. The van der Waals surface area contributed by atoms with Crippen LogP contribution in [0.1, 0.15) is 11.6 Å². The lowest BCUT2D eigenvalue weighted by Crippen LogP contribution is -1.77. The van der Waals surface area contributed by atoms with Gasteiger partial charge < -0.3 is 20.9 Å². The lowest BCUT2D eigenvalue weighted by Gasteiger charge is -1.88. The number of nitrogens with zero attached hydrogens (tertiary/aromatic N) is 2. The molecule has 0 saturated carbocycles. The summed E-state index contributed by atoms with van der Waals surface area (Å²) in [5, 5.41) is 0. The minimum absolute atomic E-state index is 0. The molecule has 78 valence electrons. The van der Waals surface area contributed by atoms with Crippen molar-refractivity contribution in [2.24, 2.45) is 0 Å². The number of aromatic amines is 2. The van der Waals surface area contributed by atoms with Crippen LogP contribution in [-0.4, -0.2) is 30.9 Å². The van der Waals surface area contributed by atoms with Gasteiger partial charge in [-0.2, -0.15) is 0 Å². The maximum atomic E-state index is 4.10. The average Bonchev–Trinajstić information content (AvgIpc) is 2.58. The first kappa shape index (κ1) is 12.3. The molecule has 2 aromatic heterocycles. The summed E-state index contributed by atoms with van der Waals surface area (Å²) < 4.78 is 0. The Morgan fingerprint density at radius 2 is 1.21 bits per heavy atom. The van der Waals surface area contributed by atoms with Gasteiger partial charge in [0.1, 0.15) is 11.6 Å². The van der Waals surface area contributed by atoms with E-state index in [0.717, 1.165) is 23.0 Å². The molecule has 2 aromatic rings. The SMILES string of the molecule is Cc1ncc(-c2cnc(C)[nH]2)[nH]1.O.O. The van der Waals surface area contributed by atoms with Gasteiger partial charge in [-0.3, -0.25) is 0 Å². The first-order valence-electron chi connectivity index (χ1n) is 3.79. The van der Waals surface area contributed by atoms with Crippen LogP contribution in [0, 0.1) is 13.8 Å². The molecule has 2 rings (SSSR count). The summed E-state index contributed by atoms with van der Waals surface area (Å²) in [6.07, 6.45) is 3.59. The van der Waals surface area contributed by atoms with Gasteiger partial charge in [0.25, 0.3) is 0 Å². The third-order valence-electron chi connectivity index (χ3n) is 1.70. The van der Waals surface area contributed by atoms with E-state index in [-0.39, 0.29) is 11.0 Å². The lowest BCUT2D eigenvalue weighted by molar-refractivity contribution is 0.823. The third kappa shape index (κ3) is 2.18. The van der Waals surface area contributed by atoms with Crippen molar-refractivity contribution in [3.05, 3.63) is 24.0 Å². The van der Waals surface area contributed by atoms with Gasteiger partial charge in [-0.15, -0.1) is 0 Å². The predicted octanol–water partition coefficient (Wildman–Crippen LogP) is -0.233. The summed E-state index contributed by atoms with van der Waals surface area (Å²) in [4.78, 5) is 14.4. The van der Waals surface area contributed by atoms with E-state index in [2.05, 4.69) is 19.9 Å². The standard InChI is InChI=1S/C8H10N4.2H2O/c1-5-9-3-7(11-5)8-4-10-6(2)12-8;;/h3-4H,1-2H3,(H,9,11)(H,10,12);2*1H2. The van der Waals surface area contributed by atoms with Gasteiger partial charge in [0.05, 0.1) is 23.8 Å². The highest BCUT2D eigenvalue weighted by molar-refractivity contribution is 5.51. The smallest absolute Gasteiger partial charge is 0.103 e. The van der Waals surface area contributed by atoms with Crippen molar-refractivity contribution in [1.29, 1.82) is 0 Å². The summed E-state index contributed by atoms with van der Waals surface area (Å²) in [5.41, 5.74) is 1.96. The molecule has 0 unspecified atom stereocenters. The van der Waals surface area contributed by atoms with Crippen molar-refractivity contribution in [3.8, 4) is 11.4 Å². The monoisotopic (exact) mass is 198 g/mol. The Bertz CT molecular complexity index is 355. The molecule has 0 bridgehead atoms. The molecule has 0 aliphatic carbocycles. The molecule has 0 spiro atoms. The Morgan fingerprint density at radius 1 is 0.857 bits per heavy atom. The van der Waals surface area contributed by atoms with Crippen LogP contribution in [0.25, 0.3) is 11.4 Å². The number of aromatic nitrogens is 4. The molecular weight excluding hydrogens is 184 g/mol. The van der Waals surface area contributed by atoms with Crippen LogP contribution in [0.15, 0.2) is 12.4 Å². The molecule has 0 radical (unpaired) electrons. The molecule has 0 aromatic carbocycles. The van der Waals surface area contributed by atoms with Gasteiger partial charge in [-0.25, -0.2) is 9.97 Å². The van der Waals surface area contributed by atoms with Crippen molar-refractivity contribution in [2.75, 3.05) is 0 Å². The van der Waals surface area contributed by atoms with Gasteiger partial charge >= 0.3 is 0 Å². The van der Waals surface area contributed by atoms with Gasteiger partial charge in [0.15, 0.2) is 0 Å². The molecule has 14 heavy (non-hydrogen) atoms. The fourth-order valence-corrected chi connectivity index (χ4v) is 1.12. The van der Waals surface area contributed by atoms with Crippen molar-refractivity contribution < 1.29 is 11.0 Å². The fourth-order valence-electron chi connectivity index (χ4n) is 1.12. The highest BCUT2D eigenvalue weighted by Crippen LogP contribution is 2.13. The van der Waals surface area contributed by atoms with Crippen LogP contribution in [0.4, 0.5) is 0 Å². The first-order valence-corrected chi connectivity index (χ1v) is 3.79. The molecule has 6 N–H and O–H groups in total. The van der Waals surface area contributed by atoms with E-state index in [1.54, 1.807) is 12.4 Å². The zero-order chi connectivity index (χ0) is 8.55. The number of imidazole rings is 2. The second kappa shape index (κ2) is 4.54. The maximum Gasteiger partial charge on any atom is 0.103 e. The van der Waals surface area contributed by atoms with Crippen LogP contribution in [0.2, 0.25) is 0 Å². The Hall–Kier alpha value is -1.66. The second-order valence-electron chi connectivity index (χ2n) is 2.76. The second-order valence-corrected chi connectivity index (χ2v) is 2.76. The summed E-state index contributed by atoms with van der Waals surface area (Å²) in [5.74, 6) is 1.83. The van der Waals surface area contributed by atoms with E-state index in [1.165, 1.54) is 0 Å². The largest absolute Gasteiger partial charge is 0.412 e. The fraction of sp³-hybridized carbons (Fsp3) is 0.250. The normalized spacial score (nSPS) is 9.00. The van der Waals surface area contributed by atoms with Gasteiger partial charge in [0, 0.05) is 0 Å². The van der Waals surface area contributed by atoms with E-state index >= 15 is 0 Å². The van der Waals surface area contributed by atoms with Crippen LogP contribution in [0.3, 0.4) is 0 Å². The Balaban J connectivity index is 0.000000845. The van der Waals surface area contributed by atoms with Crippen molar-refractivity contribution >= 4 is 0 Å². The van der Waals surface area contributed by atoms with E-state index in [1.807, 2.05) is 13.8 Å². The Labute approximate surface area is 81.0 Å². The van der Waals surface area contributed by atoms with E-state index in [0.29, 0.717) is 0 Å². The molecule has 0 amide bonds. The van der Waals surface area contributed by atoms with Gasteiger partial charge in [0.2, 0.25) is 0 Å². The topological polar surface area (TPSA) is 120 Å². The van der Waals surface area contributed by atoms with Crippen molar-refractivity contribution in [2.45, 2.75) is 13.8 Å². The van der Waals surface area contributed by atoms with Crippen molar-refractivity contribution in [3.63, 3.8) is 0 Å². The van der Waals surface area contributed by atoms with Gasteiger partial charge in [-0.1, -0.05) is 0 Å². The number of hydrogen-bond donors (Lipinski definition) is 2. The van der Waals surface area contributed by atoms with Gasteiger partial charge in [-0.05, 0) is 13.8 Å². The van der Waals surface area contributed by atoms with Crippen LogP contribution in [-0.2, 0) is 0 Å².